The number of aryl methyl sites for hydroxylation is 1. The molecule has 0 fully saturated rings. The summed E-state index contributed by atoms with van der Waals surface area (Å²) in [6, 6.07) is 4.35. The van der Waals surface area contributed by atoms with Gasteiger partial charge in [-0.1, -0.05) is 6.07 Å². The molecule has 0 saturated heterocycles. The van der Waals surface area contributed by atoms with Gasteiger partial charge in [0.25, 0.3) is 6.43 Å². The van der Waals surface area contributed by atoms with Gasteiger partial charge in [-0.25, -0.2) is 23.1 Å². The van der Waals surface area contributed by atoms with E-state index in [1.165, 1.54) is 12.1 Å². The van der Waals surface area contributed by atoms with Crippen molar-refractivity contribution in [2.45, 2.75) is 13.0 Å². The fraction of sp³-hybridized carbons (Fsp3) is 0.200. The highest BCUT2D eigenvalue weighted by molar-refractivity contribution is 5.60. The largest absolute Gasteiger partial charge is 0.326 e. The lowest BCUT2D eigenvalue weighted by molar-refractivity contribution is 0.145. The molecule has 10 heteroatoms. The zero-order valence-corrected chi connectivity index (χ0v) is 13.1. The van der Waals surface area contributed by atoms with Crippen LogP contribution in [0.5, 0.6) is 0 Å². The minimum Gasteiger partial charge on any atom is -0.326 e. The first-order chi connectivity index (χ1) is 12.0. The van der Waals surface area contributed by atoms with Gasteiger partial charge in [-0.2, -0.15) is 10.1 Å². The molecule has 3 N–H and O–H groups in total. The highest BCUT2D eigenvalue weighted by Crippen LogP contribution is 2.31. The van der Waals surface area contributed by atoms with Crippen LogP contribution in [0.1, 0.15) is 17.6 Å². The number of alkyl halides is 2. The number of nitrogens with one attached hydrogen (secondary N) is 1. The normalized spacial score (nSPS) is 11.1. The lowest BCUT2D eigenvalue weighted by Gasteiger charge is -2.12. The first-order valence-electron chi connectivity index (χ1n) is 7.25. The molecule has 7 nitrogen and oxygen atoms in total. The molecule has 0 saturated carbocycles. The number of hydrogen-bond acceptors (Lipinski definition) is 6. The van der Waals surface area contributed by atoms with E-state index in [4.69, 9.17) is 5.73 Å². The summed E-state index contributed by atoms with van der Waals surface area (Å²) in [7, 11) is 1.74. The SMILES string of the molecule is Cn1ccc(Nc2ncnc(-c3ccc(CN)c(C(F)F)c3F)n2)n1. The molecule has 3 aromatic rings. The van der Waals surface area contributed by atoms with Crippen LogP contribution in [0.25, 0.3) is 11.4 Å². The van der Waals surface area contributed by atoms with Gasteiger partial charge < -0.3 is 11.1 Å². The van der Waals surface area contributed by atoms with Crippen molar-refractivity contribution in [2.75, 3.05) is 5.32 Å². The number of rotatable bonds is 5. The fourth-order valence-electron chi connectivity index (χ4n) is 2.30. The molecule has 0 atom stereocenters. The number of nitrogens with two attached hydrogens (primary N) is 1. The van der Waals surface area contributed by atoms with Crippen LogP contribution in [0.15, 0.2) is 30.7 Å². The van der Waals surface area contributed by atoms with Crippen molar-refractivity contribution in [1.82, 2.24) is 24.7 Å². The van der Waals surface area contributed by atoms with Crippen LogP contribution in [0, 0.1) is 5.82 Å². The third-order valence-electron chi connectivity index (χ3n) is 3.47. The minimum absolute atomic E-state index is 0.0390. The van der Waals surface area contributed by atoms with Gasteiger partial charge in [0.1, 0.15) is 12.1 Å². The highest BCUT2D eigenvalue weighted by atomic mass is 19.3. The third kappa shape index (κ3) is 3.43. The molecule has 2 aromatic heterocycles. The summed E-state index contributed by atoms with van der Waals surface area (Å²) in [6.07, 6.45) is -0.123. The smallest absolute Gasteiger partial charge is 0.267 e. The van der Waals surface area contributed by atoms with E-state index in [-0.39, 0.29) is 29.4 Å². The quantitative estimate of drug-likeness (QED) is 0.735. The summed E-state index contributed by atoms with van der Waals surface area (Å²) in [5, 5.41) is 6.93. The predicted octanol–water partition coefficient (Wildman–Crippen LogP) is 2.55. The Morgan fingerprint density at radius 1 is 1.24 bits per heavy atom. The van der Waals surface area contributed by atoms with Crippen molar-refractivity contribution in [1.29, 1.82) is 0 Å². The van der Waals surface area contributed by atoms with Crippen LogP contribution in [-0.2, 0) is 13.6 Å². The van der Waals surface area contributed by atoms with Crippen LogP contribution < -0.4 is 11.1 Å². The Labute approximate surface area is 140 Å². The molecular formula is C15H14F3N7. The van der Waals surface area contributed by atoms with E-state index in [0.717, 1.165) is 6.33 Å². The summed E-state index contributed by atoms with van der Waals surface area (Å²) < 4.78 is 42.5. The predicted molar refractivity (Wildman–Crippen MR) is 84.6 cm³/mol. The average molecular weight is 349 g/mol. The van der Waals surface area contributed by atoms with Gasteiger partial charge in [0.05, 0.1) is 11.1 Å². The summed E-state index contributed by atoms with van der Waals surface area (Å²) in [5.41, 5.74) is 4.55. The van der Waals surface area contributed by atoms with Crippen molar-refractivity contribution in [3.05, 3.63) is 47.7 Å². The fourth-order valence-corrected chi connectivity index (χ4v) is 2.30. The maximum atomic E-state index is 14.5. The first-order valence-corrected chi connectivity index (χ1v) is 7.25. The van der Waals surface area contributed by atoms with Crippen LogP contribution in [0.4, 0.5) is 24.9 Å². The van der Waals surface area contributed by atoms with E-state index in [0.29, 0.717) is 5.82 Å². The van der Waals surface area contributed by atoms with Gasteiger partial charge in [-0.05, 0) is 11.6 Å². The van der Waals surface area contributed by atoms with Crippen LogP contribution in [0.3, 0.4) is 0 Å². The Bertz CT molecular complexity index is 895. The standard InChI is InChI=1S/C15H14F3N7/c1-25-5-4-10(24-25)22-15-21-7-20-14(23-15)9-3-2-8(6-19)11(12(9)16)13(17)18/h2-5,7,13H,6,19H2,1H3,(H,20,21,22,23,24). The number of halogens is 3. The molecule has 0 aliphatic heterocycles. The Balaban J connectivity index is 1.99. The van der Waals surface area contributed by atoms with Gasteiger partial charge in [-0.15, -0.1) is 0 Å². The Morgan fingerprint density at radius 2 is 2.04 bits per heavy atom. The Kier molecular flexibility index (Phi) is 4.61. The molecule has 2 heterocycles. The second-order valence-corrected chi connectivity index (χ2v) is 5.14. The third-order valence-corrected chi connectivity index (χ3v) is 3.47. The zero-order chi connectivity index (χ0) is 18.0. The zero-order valence-electron chi connectivity index (χ0n) is 13.1. The molecule has 0 aliphatic carbocycles. The summed E-state index contributed by atoms with van der Waals surface area (Å²) in [4.78, 5) is 11.9. The van der Waals surface area contributed by atoms with Crippen molar-refractivity contribution in [3.8, 4) is 11.4 Å². The second-order valence-electron chi connectivity index (χ2n) is 5.14. The Morgan fingerprint density at radius 3 is 2.68 bits per heavy atom. The van der Waals surface area contributed by atoms with Crippen molar-refractivity contribution < 1.29 is 13.2 Å². The van der Waals surface area contributed by atoms with Gasteiger partial charge in [0.2, 0.25) is 5.95 Å². The lowest BCUT2D eigenvalue weighted by Crippen LogP contribution is -2.07. The second kappa shape index (κ2) is 6.85. The van der Waals surface area contributed by atoms with E-state index >= 15 is 0 Å². The minimum atomic E-state index is -2.99. The van der Waals surface area contributed by atoms with Crippen LogP contribution >= 0.6 is 0 Å². The molecule has 0 unspecified atom stereocenters. The van der Waals surface area contributed by atoms with Crippen molar-refractivity contribution in [3.63, 3.8) is 0 Å². The average Bonchev–Trinajstić information content (AvgIpc) is 2.99. The van der Waals surface area contributed by atoms with Gasteiger partial charge in [0, 0.05) is 25.9 Å². The molecule has 0 amide bonds. The van der Waals surface area contributed by atoms with Gasteiger partial charge in [0.15, 0.2) is 11.6 Å². The van der Waals surface area contributed by atoms with E-state index in [9.17, 15) is 13.2 Å². The molecule has 130 valence electrons. The highest BCUT2D eigenvalue weighted by Gasteiger charge is 2.22. The number of nitrogens with zero attached hydrogens (tertiary/aromatic N) is 5. The van der Waals surface area contributed by atoms with E-state index in [2.05, 4.69) is 25.4 Å². The molecule has 0 aliphatic rings. The summed E-state index contributed by atoms with van der Waals surface area (Å²) in [6.45, 7) is -0.194. The van der Waals surface area contributed by atoms with Gasteiger partial charge in [-0.3, -0.25) is 4.68 Å². The number of aromatic nitrogens is 5. The molecule has 0 radical (unpaired) electrons. The topological polar surface area (TPSA) is 94.5 Å². The van der Waals surface area contributed by atoms with E-state index in [1.807, 2.05) is 0 Å². The van der Waals surface area contributed by atoms with Gasteiger partial charge >= 0.3 is 0 Å². The monoisotopic (exact) mass is 349 g/mol. The number of anilines is 2. The van der Waals surface area contributed by atoms with Crippen LogP contribution in [-0.4, -0.2) is 24.7 Å². The van der Waals surface area contributed by atoms with Crippen molar-refractivity contribution >= 4 is 11.8 Å². The summed E-state index contributed by atoms with van der Waals surface area (Å²) in [5.74, 6) is -0.569. The lowest BCUT2D eigenvalue weighted by atomic mass is 10.0. The van der Waals surface area contributed by atoms with E-state index in [1.54, 1.807) is 24.0 Å². The Hall–Kier alpha value is -3.01. The number of hydrogen-bond donors (Lipinski definition) is 2. The molecule has 0 bridgehead atoms. The molecule has 1 aromatic carbocycles. The molecular weight excluding hydrogens is 335 g/mol. The maximum absolute atomic E-state index is 14.5. The number of benzene rings is 1. The molecule has 3 rings (SSSR count). The van der Waals surface area contributed by atoms with E-state index < -0.39 is 17.8 Å². The summed E-state index contributed by atoms with van der Waals surface area (Å²) >= 11 is 0. The van der Waals surface area contributed by atoms with Crippen LogP contribution in [0.2, 0.25) is 0 Å². The molecule has 0 spiro atoms. The van der Waals surface area contributed by atoms with Crippen molar-refractivity contribution in [2.24, 2.45) is 12.8 Å². The molecule has 25 heavy (non-hydrogen) atoms. The first kappa shape index (κ1) is 16.8. The maximum Gasteiger partial charge on any atom is 0.267 e.